The van der Waals surface area contributed by atoms with Crippen molar-refractivity contribution < 1.29 is 5.11 Å². The van der Waals surface area contributed by atoms with Crippen LogP contribution in [-0.2, 0) is 12.8 Å². The Kier molecular flexibility index (Phi) is 4.74. The van der Waals surface area contributed by atoms with Crippen LogP contribution < -0.4 is 10.2 Å². The molecule has 4 rings (SSSR count). The number of fused-ring (bicyclic) bond motifs is 1. The summed E-state index contributed by atoms with van der Waals surface area (Å²) in [4.78, 5) is 9.35. The van der Waals surface area contributed by atoms with Gasteiger partial charge in [0.2, 0.25) is 0 Å². The van der Waals surface area contributed by atoms with Crippen molar-refractivity contribution in [3.05, 3.63) is 47.7 Å². The third-order valence-electron chi connectivity index (χ3n) is 5.34. The van der Waals surface area contributed by atoms with E-state index in [-0.39, 0.29) is 0 Å². The number of aromatic hydroxyl groups is 1. The molecule has 1 fully saturated rings. The molecule has 5 heteroatoms. The number of pyridine rings is 1. The van der Waals surface area contributed by atoms with Gasteiger partial charge in [-0.2, -0.15) is 0 Å². The number of piperazine rings is 1. The molecule has 3 heterocycles. The number of aromatic nitrogens is 1. The van der Waals surface area contributed by atoms with E-state index in [1.54, 1.807) is 0 Å². The Bertz CT molecular complexity index is 711. The second-order valence-corrected chi connectivity index (χ2v) is 6.89. The molecule has 0 atom stereocenters. The number of phenolic OH excluding ortho intramolecular Hbond substituents is 1. The van der Waals surface area contributed by atoms with Crippen molar-refractivity contribution in [2.24, 2.45) is 0 Å². The summed E-state index contributed by atoms with van der Waals surface area (Å²) in [6.45, 7) is 6.26. The van der Waals surface area contributed by atoms with Gasteiger partial charge < -0.3 is 15.3 Å². The molecule has 0 spiro atoms. The minimum absolute atomic E-state index is 0.391. The van der Waals surface area contributed by atoms with E-state index in [2.05, 4.69) is 38.3 Å². The molecule has 0 radical (unpaired) electrons. The highest BCUT2D eigenvalue weighted by molar-refractivity contribution is 5.65. The summed E-state index contributed by atoms with van der Waals surface area (Å²) in [6, 6.07) is 10.0. The summed E-state index contributed by atoms with van der Waals surface area (Å²) in [5.74, 6) is 1.48. The summed E-state index contributed by atoms with van der Waals surface area (Å²) in [5.41, 5.74) is 3.66. The minimum atomic E-state index is 0.391. The van der Waals surface area contributed by atoms with Gasteiger partial charge in [-0.3, -0.25) is 4.90 Å². The van der Waals surface area contributed by atoms with Crippen LogP contribution in [-0.4, -0.2) is 54.3 Å². The Morgan fingerprint density at radius 3 is 2.76 bits per heavy atom. The molecular formula is C20H26N4O. The number of benzene rings is 1. The highest BCUT2D eigenvalue weighted by Gasteiger charge is 2.20. The van der Waals surface area contributed by atoms with Crippen molar-refractivity contribution in [2.75, 3.05) is 49.5 Å². The van der Waals surface area contributed by atoms with Gasteiger partial charge in [-0.15, -0.1) is 0 Å². The van der Waals surface area contributed by atoms with E-state index < -0.39 is 0 Å². The van der Waals surface area contributed by atoms with Gasteiger partial charge in [0.15, 0.2) is 0 Å². The molecular weight excluding hydrogens is 312 g/mol. The van der Waals surface area contributed by atoms with Crippen LogP contribution in [0.15, 0.2) is 36.5 Å². The first-order valence-electron chi connectivity index (χ1n) is 9.27. The van der Waals surface area contributed by atoms with Gasteiger partial charge in [0, 0.05) is 45.5 Å². The number of hydrogen-bond donors (Lipinski definition) is 2. The number of anilines is 2. The van der Waals surface area contributed by atoms with Crippen LogP contribution in [0, 0.1) is 0 Å². The van der Waals surface area contributed by atoms with Crippen LogP contribution in [0.3, 0.4) is 0 Å². The van der Waals surface area contributed by atoms with Gasteiger partial charge in [-0.25, -0.2) is 4.98 Å². The molecule has 5 nitrogen and oxygen atoms in total. The fourth-order valence-corrected chi connectivity index (χ4v) is 3.89. The maximum atomic E-state index is 10.1. The quantitative estimate of drug-likeness (QED) is 0.839. The molecule has 2 aliphatic heterocycles. The van der Waals surface area contributed by atoms with Crippen molar-refractivity contribution in [3.8, 4) is 5.75 Å². The summed E-state index contributed by atoms with van der Waals surface area (Å²) in [7, 11) is 0. The molecule has 0 aliphatic carbocycles. The fraction of sp³-hybridized carbons (Fsp3) is 0.450. The van der Waals surface area contributed by atoms with E-state index in [1.165, 1.54) is 11.1 Å². The van der Waals surface area contributed by atoms with Crippen molar-refractivity contribution in [3.63, 3.8) is 0 Å². The van der Waals surface area contributed by atoms with Gasteiger partial charge in [0.1, 0.15) is 11.6 Å². The van der Waals surface area contributed by atoms with Crippen LogP contribution in [0.4, 0.5) is 11.5 Å². The average molecular weight is 338 g/mol. The third-order valence-corrected chi connectivity index (χ3v) is 5.34. The lowest BCUT2D eigenvalue weighted by molar-refractivity contribution is 0.260. The molecule has 0 saturated carbocycles. The van der Waals surface area contributed by atoms with Crippen molar-refractivity contribution in [2.45, 2.75) is 19.3 Å². The zero-order chi connectivity index (χ0) is 17.1. The number of phenols is 1. The second-order valence-electron chi connectivity index (χ2n) is 6.89. The lowest BCUT2D eigenvalue weighted by atomic mass is 9.95. The Morgan fingerprint density at radius 1 is 1.08 bits per heavy atom. The smallest absolute Gasteiger partial charge is 0.138 e. The van der Waals surface area contributed by atoms with E-state index in [9.17, 15) is 5.11 Å². The predicted octanol–water partition coefficient (Wildman–Crippen LogP) is 2.51. The first-order valence-corrected chi connectivity index (χ1v) is 9.27. The van der Waals surface area contributed by atoms with E-state index >= 15 is 0 Å². The van der Waals surface area contributed by atoms with Gasteiger partial charge in [-0.1, -0.05) is 12.1 Å². The fourth-order valence-electron chi connectivity index (χ4n) is 3.89. The molecule has 2 aliphatic rings. The molecule has 0 unspecified atom stereocenters. The van der Waals surface area contributed by atoms with E-state index in [0.717, 1.165) is 70.0 Å². The first-order chi connectivity index (χ1) is 12.3. The average Bonchev–Trinajstić information content (AvgIpc) is 2.69. The van der Waals surface area contributed by atoms with E-state index in [1.807, 2.05) is 18.3 Å². The molecule has 25 heavy (non-hydrogen) atoms. The summed E-state index contributed by atoms with van der Waals surface area (Å²) < 4.78 is 0. The lowest BCUT2D eigenvalue weighted by Crippen LogP contribution is -2.47. The van der Waals surface area contributed by atoms with Crippen molar-refractivity contribution in [1.82, 2.24) is 9.88 Å². The SMILES string of the molecule is Oc1ccc(CCN2CCN(c3ccccn3)CC2)c2c1NCCC2. The van der Waals surface area contributed by atoms with Crippen LogP contribution in [0.5, 0.6) is 5.75 Å². The Labute approximate surface area is 149 Å². The molecule has 2 N–H and O–H groups in total. The minimum Gasteiger partial charge on any atom is -0.506 e. The Morgan fingerprint density at radius 2 is 1.96 bits per heavy atom. The monoisotopic (exact) mass is 338 g/mol. The molecule has 1 aromatic heterocycles. The third kappa shape index (κ3) is 3.56. The summed E-state index contributed by atoms with van der Waals surface area (Å²) >= 11 is 0. The molecule has 132 valence electrons. The van der Waals surface area contributed by atoms with Crippen molar-refractivity contribution >= 4 is 11.5 Å². The molecule has 1 aromatic carbocycles. The number of nitrogens with one attached hydrogen (secondary N) is 1. The van der Waals surface area contributed by atoms with Crippen LogP contribution >= 0.6 is 0 Å². The zero-order valence-electron chi connectivity index (χ0n) is 14.6. The summed E-state index contributed by atoms with van der Waals surface area (Å²) in [6.07, 6.45) is 5.13. The van der Waals surface area contributed by atoms with Gasteiger partial charge in [-0.05, 0) is 48.6 Å². The van der Waals surface area contributed by atoms with E-state index in [4.69, 9.17) is 0 Å². The van der Waals surface area contributed by atoms with Gasteiger partial charge in [0.25, 0.3) is 0 Å². The Balaban J connectivity index is 1.34. The molecule has 2 aromatic rings. The van der Waals surface area contributed by atoms with E-state index in [0.29, 0.717) is 5.75 Å². The van der Waals surface area contributed by atoms with Crippen molar-refractivity contribution in [1.29, 1.82) is 0 Å². The number of rotatable bonds is 4. The van der Waals surface area contributed by atoms with Gasteiger partial charge in [0.05, 0.1) is 5.69 Å². The van der Waals surface area contributed by atoms with Crippen LogP contribution in [0.2, 0.25) is 0 Å². The topological polar surface area (TPSA) is 51.6 Å². The highest BCUT2D eigenvalue weighted by Crippen LogP contribution is 2.34. The van der Waals surface area contributed by atoms with Gasteiger partial charge >= 0.3 is 0 Å². The maximum absolute atomic E-state index is 10.1. The lowest BCUT2D eigenvalue weighted by Gasteiger charge is -2.35. The Hall–Kier alpha value is -2.27. The molecule has 0 bridgehead atoms. The van der Waals surface area contributed by atoms with Crippen LogP contribution in [0.1, 0.15) is 17.5 Å². The zero-order valence-corrected chi connectivity index (χ0v) is 14.6. The highest BCUT2D eigenvalue weighted by atomic mass is 16.3. The number of nitrogens with zero attached hydrogens (tertiary/aromatic N) is 3. The second kappa shape index (κ2) is 7.31. The summed E-state index contributed by atoms with van der Waals surface area (Å²) in [5, 5.41) is 13.4. The maximum Gasteiger partial charge on any atom is 0.138 e. The molecule has 1 saturated heterocycles. The normalized spacial score (nSPS) is 17.8. The largest absolute Gasteiger partial charge is 0.506 e. The van der Waals surface area contributed by atoms with Crippen LogP contribution in [0.25, 0.3) is 0 Å². The standard InChI is InChI=1S/C20H26N4O/c25-18-7-6-16(17-4-3-10-22-20(17)18)8-11-23-12-14-24(15-13-23)19-5-1-2-9-21-19/h1-2,5-7,9,22,25H,3-4,8,10-15H2. The molecule has 0 amide bonds. The number of hydrogen-bond acceptors (Lipinski definition) is 5. The predicted molar refractivity (Wildman–Crippen MR) is 102 cm³/mol. The first kappa shape index (κ1) is 16.2.